The van der Waals surface area contributed by atoms with Crippen LogP contribution in [0.2, 0.25) is 10.4 Å². The van der Waals surface area contributed by atoms with Gasteiger partial charge in [-0.05, 0) is 24.4 Å². The molecule has 4 heterocycles. The molecule has 2 aliphatic heterocycles. The van der Waals surface area contributed by atoms with Crippen LogP contribution < -0.4 is 4.90 Å². The monoisotopic (exact) mass is 328 g/mol. The summed E-state index contributed by atoms with van der Waals surface area (Å²) in [5, 5.41) is 0.297. The number of anilines is 1. The van der Waals surface area contributed by atoms with Crippen molar-refractivity contribution in [1.82, 2.24) is 15.0 Å². The van der Waals surface area contributed by atoms with Crippen LogP contribution in [0.4, 0.5) is 10.2 Å². The Morgan fingerprint density at radius 1 is 1.19 bits per heavy atom. The first kappa shape index (κ1) is 13.4. The van der Waals surface area contributed by atoms with Gasteiger partial charge in [0.25, 0.3) is 0 Å². The third-order valence-electron chi connectivity index (χ3n) is 3.94. The molecule has 2 atom stereocenters. The van der Waals surface area contributed by atoms with Crippen LogP contribution in [0.5, 0.6) is 0 Å². The minimum absolute atomic E-state index is 0.00231. The first-order chi connectivity index (χ1) is 10.1. The van der Waals surface area contributed by atoms with E-state index >= 15 is 0 Å². The summed E-state index contributed by atoms with van der Waals surface area (Å²) < 4.78 is 19.9. The smallest absolute Gasteiger partial charge is 0.225 e. The maximum Gasteiger partial charge on any atom is 0.225 e. The molecule has 2 unspecified atom stereocenters. The molecular formula is C13H11Cl2FN4O. The van der Waals surface area contributed by atoms with Gasteiger partial charge < -0.3 is 9.64 Å². The van der Waals surface area contributed by atoms with Crippen molar-refractivity contribution in [2.45, 2.75) is 25.0 Å². The lowest BCUT2D eigenvalue weighted by atomic mass is 10.2. The zero-order chi connectivity index (χ0) is 14.6. The molecule has 2 fully saturated rings. The van der Waals surface area contributed by atoms with Crippen LogP contribution in [0.3, 0.4) is 0 Å². The molecule has 0 aromatic carbocycles. The van der Waals surface area contributed by atoms with E-state index in [9.17, 15) is 4.39 Å². The Morgan fingerprint density at radius 2 is 1.90 bits per heavy atom. The second-order valence-corrected chi connectivity index (χ2v) is 6.00. The van der Waals surface area contributed by atoms with E-state index in [0.717, 1.165) is 12.8 Å². The fraction of sp³-hybridized carbons (Fsp3) is 0.462. The lowest BCUT2D eigenvalue weighted by molar-refractivity contribution is 0.0303. The lowest BCUT2D eigenvalue weighted by Crippen LogP contribution is -2.43. The number of nitrogens with zero attached hydrogens (tertiary/aromatic N) is 4. The van der Waals surface area contributed by atoms with Gasteiger partial charge >= 0.3 is 0 Å². The van der Waals surface area contributed by atoms with Gasteiger partial charge in [-0.15, -0.1) is 0 Å². The molecule has 0 N–H and O–H groups in total. The van der Waals surface area contributed by atoms with Gasteiger partial charge in [-0.25, -0.2) is 14.4 Å². The van der Waals surface area contributed by atoms with E-state index in [2.05, 4.69) is 19.9 Å². The molecule has 0 radical (unpaired) electrons. The molecule has 8 heteroatoms. The molecule has 110 valence electrons. The molecule has 0 amide bonds. The zero-order valence-electron chi connectivity index (χ0n) is 10.9. The Bertz CT molecular complexity index is 717. The molecule has 2 aromatic rings. The third-order valence-corrected chi connectivity index (χ3v) is 4.37. The standard InChI is InChI=1S/C13H11Cl2FN4O/c14-11-9(16)10-8(3-17-11)12(19-13(15)18-10)20-4-6-1-2-7(5-20)21-6/h3,6-7H,1-2,4-5H2. The molecular weight excluding hydrogens is 318 g/mol. The lowest BCUT2D eigenvalue weighted by Gasteiger charge is -2.33. The largest absolute Gasteiger partial charge is 0.371 e. The van der Waals surface area contributed by atoms with Gasteiger partial charge in [0, 0.05) is 19.3 Å². The number of hydrogen-bond donors (Lipinski definition) is 0. The van der Waals surface area contributed by atoms with Gasteiger partial charge in [0.05, 0.1) is 17.6 Å². The molecule has 2 saturated heterocycles. The summed E-state index contributed by atoms with van der Waals surface area (Å²) in [5.74, 6) is -0.0794. The van der Waals surface area contributed by atoms with Crippen molar-refractivity contribution in [3.63, 3.8) is 0 Å². The Hall–Kier alpha value is -1.24. The average molecular weight is 329 g/mol. The number of fused-ring (bicyclic) bond motifs is 3. The number of morpholine rings is 1. The predicted octanol–water partition coefficient (Wildman–Crippen LogP) is 2.84. The van der Waals surface area contributed by atoms with Crippen molar-refractivity contribution in [3.8, 4) is 0 Å². The summed E-state index contributed by atoms with van der Waals surface area (Å²) in [5.41, 5.74) is 0.101. The fourth-order valence-electron chi connectivity index (χ4n) is 3.02. The fourth-order valence-corrected chi connectivity index (χ4v) is 3.32. The number of pyridine rings is 1. The van der Waals surface area contributed by atoms with Crippen molar-refractivity contribution in [3.05, 3.63) is 22.5 Å². The van der Waals surface area contributed by atoms with E-state index in [0.29, 0.717) is 24.3 Å². The van der Waals surface area contributed by atoms with E-state index < -0.39 is 5.82 Å². The van der Waals surface area contributed by atoms with Crippen molar-refractivity contribution < 1.29 is 9.13 Å². The van der Waals surface area contributed by atoms with Crippen molar-refractivity contribution >= 4 is 39.9 Å². The van der Waals surface area contributed by atoms with Crippen molar-refractivity contribution in [2.24, 2.45) is 0 Å². The molecule has 5 nitrogen and oxygen atoms in total. The Morgan fingerprint density at radius 3 is 2.62 bits per heavy atom. The van der Waals surface area contributed by atoms with Crippen molar-refractivity contribution in [2.75, 3.05) is 18.0 Å². The highest BCUT2D eigenvalue weighted by atomic mass is 35.5. The summed E-state index contributed by atoms with van der Waals surface area (Å²) in [6, 6.07) is 0. The van der Waals surface area contributed by atoms with Crippen LogP contribution in [0.1, 0.15) is 12.8 Å². The van der Waals surface area contributed by atoms with E-state index in [1.54, 1.807) is 0 Å². The predicted molar refractivity (Wildman–Crippen MR) is 77.4 cm³/mol. The molecule has 0 aliphatic carbocycles. The molecule has 0 saturated carbocycles. The van der Waals surface area contributed by atoms with Crippen LogP contribution in [0.25, 0.3) is 10.9 Å². The van der Waals surface area contributed by atoms with Crippen LogP contribution in [0, 0.1) is 5.82 Å². The van der Waals surface area contributed by atoms with E-state index in [1.807, 2.05) is 0 Å². The first-order valence-corrected chi connectivity index (χ1v) is 7.45. The number of ether oxygens (including phenoxy) is 1. The van der Waals surface area contributed by atoms with Gasteiger partial charge in [-0.1, -0.05) is 11.6 Å². The maximum absolute atomic E-state index is 14.1. The molecule has 21 heavy (non-hydrogen) atoms. The highest BCUT2D eigenvalue weighted by Gasteiger charge is 2.35. The Balaban J connectivity index is 1.86. The highest BCUT2D eigenvalue weighted by molar-refractivity contribution is 6.30. The second kappa shape index (κ2) is 4.90. The summed E-state index contributed by atoms with van der Waals surface area (Å²) in [6.45, 7) is 1.42. The van der Waals surface area contributed by atoms with Crippen LogP contribution >= 0.6 is 23.2 Å². The summed E-state index contributed by atoms with van der Waals surface area (Å²) in [7, 11) is 0. The normalized spacial score (nSPS) is 24.8. The van der Waals surface area contributed by atoms with E-state index in [-0.39, 0.29) is 28.2 Å². The van der Waals surface area contributed by atoms with E-state index in [4.69, 9.17) is 27.9 Å². The maximum atomic E-state index is 14.1. The summed E-state index contributed by atoms with van der Waals surface area (Å²) >= 11 is 11.7. The van der Waals surface area contributed by atoms with Gasteiger partial charge in [-0.3, -0.25) is 0 Å². The molecule has 2 bridgehead atoms. The minimum atomic E-state index is -0.670. The number of rotatable bonds is 1. The van der Waals surface area contributed by atoms with Gasteiger partial charge in [0.15, 0.2) is 11.0 Å². The van der Waals surface area contributed by atoms with E-state index in [1.165, 1.54) is 6.20 Å². The average Bonchev–Trinajstić information content (AvgIpc) is 2.81. The zero-order valence-corrected chi connectivity index (χ0v) is 12.4. The third kappa shape index (κ3) is 2.22. The number of halogens is 3. The van der Waals surface area contributed by atoms with Crippen LogP contribution in [0.15, 0.2) is 6.20 Å². The summed E-state index contributed by atoms with van der Waals surface area (Å²) in [6.07, 6.45) is 3.95. The molecule has 0 spiro atoms. The topological polar surface area (TPSA) is 51.1 Å². The SMILES string of the molecule is Fc1c(Cl)ncc2c(N3CC4CCC(C3)O4)nc(Cl)nc12. The first-order valence-electron chi connectivity index (χ1n) is 6.69. The van der Waals surface area contributed by atoms with Gasteiger partial charge in [0.1, 0.15) is 11.3 Å². The summed E-state index contributed by atoms with van der Waals surface area (Å²) in [4.78, 5) is 14.1. The Kier molecular flexibility index (Phi) is 3.13. The molecule has 2 aliphatic rings. The second-order valence-electron chi connectivity index (χ2n) is 5.30. The van der Waals surface area contributed by atoms with Crippen molar-refractivity contribution in [1.29, 1.82) is 0 Å². The van der Waals surface area contributed by atoms with Crippen LogP contribution in [-0.2, 0) is 4.74 Å². The van der Waals surface area contributed by atoms with Gasteiger partial charge in [-0.2, -0.15) is 4.98 Å². The number of aromatic nitrogens is 3. The number of hydrogen-bond acceptors (Lipinski definition) is 5. The molecule has 2 aromatic heterocycles. The highest BCUT2D eigenvalue weighted by Crippen LogP contribution is 2.33. The minimum Gasteiger partial charge on any atom is -0.371 e. The Labute approximate surface area is 130 Å². The van der Waals surface area contributed by atoms with Gasteiger partial charge in [0.2, 0.25) is 5.28 Å². The quantitative estimate of drug-likeness (QED) is 0.595. The van der Waals surface area contributed by atoms with Crippen LogP contribution in [-0.4, -0.2) is 40.2 Å². The molecule has 4 rings (SSSR count).